The molecule has 108 valence electrons. The lowest BCUT2D eigenvalue weighted by Crippen LogP contribution is -2.15. The highest BCUT2D eigenvalue weighted by Crippen LogP contribution is 2.22. The van der Waals surface area contributed by atoms with Gasteiger partial charge < -0.3 is 10.6 Å². The van der Waals surface area contributed by atoms with E-state index in [-0.39, 0.29) is 5.92 Å². The van der Waals surface area contributed by atoms with Gasteiger partial charge in [-0.05, 0) is 6.92 Å². The molecule has 0 saturated heterocycles. The van der Waals surface area contributed by atoms with Gasteiger partial charge in [-0.15, -0.1) is 0 Å². The summed E-state index contributed by atoms with van der Waals surface area (Å²) >= 11 is 0. The number of anilines is 2. The first-order chi connectivity index (χ1) is 8.99. The summed E-state index contributed by atoms with van der Waals surface area (Å²) in [6.07, 6.45) is 0. The molecule has 0 fully saturated rings. The summed E-state index contributed by atoms with van der Waals surface area (Å²) in [6, 6.07) is 0. The van der Waals surface area contributed by atoms with Gasteiger partial charge in [-0.3, -0.25) is 4.21 Å². The van der Waals surface area contributed by atoms with Crippen LogP contribution in [0.5, 0.6) is 0 Å². The third-order valence-electron chi connectivity index (χ3n) is 2.86. The van der Waals surface area contributed by atoms with Crippen LogP contribution in [0.1, 0.15) is 38.1 Å². The molecule has 1 heterocycles. The Morgan fingerprint density at radius 3 is 2.42 bits per heavy atom. The average Bonchev–Trinajstić information content (AvgIpc) is 2.40. The Labute approximate surface area is 118 Å². The van der Waals surface area contributed by atoms with Crippen LogP contribution in [-0.4, -0.2) is 39.3 Å². The van der Waals surface area contributed by atoms with Gasteiger partial charge in [0, 0.05) is 47.4 Å². The minimum atomic E-state index is -0.750. The van der Waals surface area contributed by atoms with Crippen molar-refractivity contribution in [3.63, 3.8) is 0 Å². The summed E-state index contributed by atoms with van der Waals surface area (Å²) in [5.41, 5.74) is 0.995. The van der Waals surface area contributed by atoms with E-state index >= 15 is 0 Å². The van der Waals surface area contributed by atoms with Crippen molar-refractivity contribution in [1.82, 2.24) is 9.97 Å². The Bertz CT molecular complexity index is 449. The zero-order valence-electron chi connectivity index (χ0n) is 12.4. The first kappa shape index (κ1) is 15.9. The predicted molar refractivity (Wildman–Crippen MR) is 82.4 cm³/mol. The van der Waals surface area contributed by atoms with Crippen molar-refractivity contribution in [2.45, 2.75) is 33.6 Å². The molecule has 0 amide bonds. The summed E-state index contributed by atoms with van der Waals surface area (Å²) < 4.78 is 11.4. The predicted octanol–water partition coefficient (Wildman–Crippen LogP) is 2.13. The lowest BCUT2D eigenvalue weighted by molar-refractivity contribution is 0.684. The van der Waals surface area contributed by atoms with E-state index in [2.05, 4.69) is 34.4 Å². The van der Waals surface area contributed by atoms with Gasteiger partial charge in [-0.1, -0.05) is 20.8 Å². The van der Waals surface area contributed by atoms with Gasteiger partial charge in [0.05, 0.1) is 0 Å². The van der Waals surface area contributed by atoms with Gasteiger partial charge in [0.1, 0.15) is 17.5 Å². The zero-order valence-corrected chi connectivity index (χ0v) is 13.2. The van der Waals surface area contributed by atoms with Crippen LogP contribution in [0.15, 0.2) is 0 Å². The topological polar surface area (TPSA) is 66.9 Å². The summed E-state index contributed by atoms with van der Waals surface area (Å²) in [5, 5.41) is 6.35. The monoisotopic (exact) mass is 284 g/mol. The van der Waals surface area contributed by atoms with Crippen molar-refractivity contribution in [3.05, 3.63) is 11.4 Å². The molecule has 1 unspecified atom stereocenters. The number of nitrogens with one attached hydrogen (secondary N) is 2. The second-order valence-electron chi connectivity index (χ2n) is 4.67. The Balaban J connectivity index is 2.86. The lowest BCUT2D eigenvalue weighted by Gasteiger charge is -2.15. The normalized spacial score (nSPS) is 12.5. The summed E-state index contributed by atoms with van der Waals surface area (Å²) in [4.78, 5) is 9.03. The van der Waals surface area contributed by atoms with E-state index in [4.69, 9.17) is 0 Å². The first-order valence-electron chi connectivity index (χ1n) is 6.64. The van der Waals surface area contributed by atoms with Crippen molar-refractivity contribution < 1.29 is 4.21 Å². The van der Waals surface area contributed by atoms with Crippen LogP contribution in [0, 0.1) is 6.92 Å². The minimum Gasteiger partial charge on any atom is -0.373 e. The number of hydrogen-bond acceptors (Lipinski definition) is 5. The Hall–Kier alpha value is -1.17. The summed E-state index contributed by atoms with van der Waals surface area (Å²) in [6.45, 7) is 8.72. The fraction of sp³-hybridized carbons (Fsp3) is 0.692. The molecule has 1 aromatic heterocycles. The molecule has 2 N–H and O–H groups in total. The quantitative estimate of drug-likeness (QED) is 0.803. The smallest absolute Gasteiger partial charge is 0.135 e. The van der Waals surface area contributed by atoms with Gasteiger partial charge in [0.25, 0.3) is 0 Å². The van der Waals surface area contributed by atoms with E-state index in [1.54, 1.807) is 0 Å². The third-order valence-corrected chi connectivity index (χ3v) is 4.16. The maximum atomic E-state index is 11.4. The zero-order chi connectivity index (χ0) is 14.4. The van der Waals surface area contributed by atoms with Crippen LogP contribution < -0.4 is 10.6 Å². The lowest BCUT2D eigenvalue weighted by atomic mass is 10.2. The molecule has 0 radical (unpaired) electrons. The van der Waals surface area contributed by atoms with Crippen LogP contribution in [0.25, 0.3) is 0 Å². The molecule has 1 atom stereocenters. The second-order valence-corrected chi connectivity index (χ2v) is 6.53. The van der Waals surface area contributed by atoms with Crippen molar-refractivity contribution >= 4 is 22.4 Å². The molecule has 0 aliphatic heterocycles. The molecule has 0 aliphatic carbocycles. The molecule has 0 aromatic carbocycles. The molecular weight excluding hydrogens is 260 g/mol. The molecule has 0 aliphatic rings. The highest BCUT2D eigenvalue weighted by molar-refractivity contribution is 7.84. The van der Waals surface area contributed by atoms with Gasteiger partial charge in [0.2, 0.25) is 0 Å². The molecule has 0 saturated carbocycles. The number of nitrogens with zero attached hydrogens (tertiary/aromatic N) is 2. The van der Waals surface area contributed by atoms with Crippen molar-refractivity contribution in [1.29, 1.82) is 0 Å². The molecule has 1 rings (SSSR count). The SMILES string of the molecule is CCS(=O)CCNc1nc(C(C)C)nc(NC)c1C. The van der Waals surface area contributed by atoms with Crippen molar-refractivity contribution in [2.75, 3.05) is 35.7 Å². The van der Waals surface area contributed by atoms with E-state index in [0.29, 0.717) is 18.1 Å². The van der Waals surface area contributed by atoms with Crippen molar-refractivity contribution in [2.24, 2.45) is 0 Å². The van der Waals surface area contributed by atoms with Gasteiger partial charge in [0.15, 0.2) is 0 Å². The number of hydrogen-bond donors (Lipinski definition) is 2. The third kappa shape index (κ3) is 4.45. The second kappa shape index (κ2) is 7.43. The van der Waals surface area contributed by atoms with Gasteiger partial charge >= 0.3 is 0 Å². The highest BCUT2D eigenvalue weighted by Gasteiger charge is 2.12. The molecule has 0 bridgehead atoms. The van der Waals surface area contributed by atoms with Crippen LogP contribution in [0.3, 0.4) is 0 Å². The van der Waals surface area contributed by atoms with E-state index < -0.39 is 10.8 Å². The Kier molecular flexibility index (Phi) is 6.21. The molecule has 0 spiro atoms. The van der Waals surface area contributed by atoms with E-state index in [0.717, 1.165) is 23.0 Å². The molecule has 1 aromatic rings. The van der Waals surface area contributed by atoms with Crippen LogP contribution >= 0.6 is 0 Å². The fourth-order valence-corrected chi connectivity index (χ4v) is 2.25. The van der Waals surface area contributed by atoms with Gasteiger partial charge in [-0.2, -0.15) is 0 Å². The van der Waals surface area contributed by atoms with E-state index in [1.807, 2.05) is 20.9 Å². The van der Waals surface area contributed by atoms with E-state index in [9.17, 15) is 4.21 Å². The summed E-state index contributed by atoms with van der Waals surface area (Å²) in [7, 11) is 1.11. The Morgan fingerprint density at radius 1 is 1.26 bits per heavy atom. The Morgan fingerprint density at radius 2 is 1.89 bits per heavy atom. The minimum absolute atomic E-state index is 0.276. The standard InChI is InChI=1S/C13H24N4OS/c1-6-19(18)8-7-15-13-10(4)12(14-5)16-11(17-13)9(2)3/h9H,6-8H2,1-5H3,(H2,14,15,16,17). The molecule has 6 heteroatoms. The highest BCUT2D eigenvalue weighted by atomic mass is 32.2. The van der Waals surface area contributed by atoms with Crippen molar-refractivity contribution in [3.8, 4) is 0 Å². The number of rotatable bonds is 7. The van der Waals surface area contributed by atoms with Crippen LogP contribution in [-0.2, 0) is 10.8 Å². The van der Waals surface area contributed by atoms with E-state index in [1.165, 1.54) is 0 Å². The first-order valence-corrected chi connectivity index (χ1v) is 8.13. The number of aromatic nitrogens is 2. The van der Waals surface area contributed by atoms with Gasteiger partial charge in [-0.25, -0.2) is 9.97 Å². The molecular formula is C13H24N4OS. The summed E-state index contributed by atoms with van der Waals surface area (Å²) in [5.74, 6) is 4.11. The molecule has 19 heavy (non-hydrogen) atoms. The fourth-order valence-electron chi connectivity index (χ4n) is 1.64. The average molecular weight is 284 g/mol. The van der Waals surface area contributed by atoms with Crippen LogP contribution in [0.2, 0.25) is 0 Å². The largest absolute Gasteiger partial charge is 0.373 e. The van der Waals surface area contributed by atoms with Crippen LogP contribution in [0.4, 0.5) is 11.6 Å². The maximum absolute atomic E-state index is 11.4. The maximum Gasteiger partial charge on any atom is 0.135 e. The molecule has 5 nitrogen and oxygen atoms in total.